The number of nitrogens with one attached hydrogen (secondary N) is 1. The summed E-state index contributed by atoms with van der Waals surface area (Å²) in [6.07, 6.45) is 0. The molecular formula is C12H18FNS. The van der Waals surface area contributed by atoms with Gasteiger partial charge < -0.3 is 5.32 Å². The molecule has 3 heteroatoms. The van der Waals surface area contributed by atoms with E-state index in [0.29, 0.717) is 5.92 Å². The van der Waals surface area contributed by atoms with Crippen molar-refractivity contribution in [1.29, 1.82) is 0 Å². The first-order valence-electron chi connectivity index (χ1n) is 5.31. The molecule has 0 spiro atoms. The molecule has 0 aliphatic heterocycles. The molecule has 0 bridgehead atoms. The third-order valence-electron chi connectivity index (χ3n) is 2.09. The molecule has 1 unspecified atom stereocenters. The van der Waals surface area contributed by atoms with Gasteiger partial charge in [0, 0.05) is 10.6 Å². The summed E-state index contributed by atoms with van der Waals surface area (Å²) < 4.78 is 12.6. The number of benzene rings is 1. The molecule has 0 radical (unpaired) electrons. The van der Waals surface area contributed by atoms with Gasteiger partial charge >= 0.3 is 0 Å². The van der Waals surface area contributed by atoms with E-state index >= 15 is 0 Å². The number of thioether (sulfide) groups is 1. The zero-order chi connectivity index (χ0) is 11.1. The maximum absolute atomic E-state index is 12.6. The van der Waals surface area contributed by atoms with E-state index in [1.165, 1.54) is 12.1 Å². The van der Waals surface area contributed by atoms with Crippen LogP contribution in [0.15, 0.2) is 29.2 Å². The summed E-state index contributed by atoms with van der Waals surface area (Å²) in [6.45, 7) is 6.40. The Morgan fingerprint density at radius 1 is 1.33 bits per heavy atom. The van der Waals surface area contributed by atoms with Gasteiger partial charge in [0.1, 0.15) is 5.82 Å². The monoisotopic (exact) mass is 227 g/mol. The quantitative estimate of drug-likeness (QED) is 0.749. The highest BCUT2D eigenvalue weighted by atomic mass is 32.2. The fraction of sp³-hybridized carbons (Fsp3) is 0.500. The van der Waals surface area contributed by atoms with Crippen molar-refractivity contribution in [3.63, 3.8) is 0 Å². The lowest BCUT2D eigenvalue weighted by Crippen LogP contribution is -2.21. The molecule has 0 saturated heterocycles. The summed E-state index contributed by atoms with van der Waals surface area (Å²) in [5, 5.41) is 3.32. The van der Waals surface area contributed by atoms with Crippen LogP contribution in [0.1, 0.15) is 13.8 Å². The minimum Gasteiger partial charge on any atom is -0.317 e. The van der Waals surface area contributed by atoms with Crippen LogP contribution in [0.5, 0.6) is 0 Å². The van der Waals surface area contributed by atoms with E-state index in [1.54, 1.807) is 11.8 Å². The molecule has 0 heterocycles. The second kappa shape index (κ2) is 6.85. The molecule has 1 aromatic carbocycles. The van der Waals surface area contributed by atoms with Crippen LogP contribution < -0.4 is 5.32 Å². The van der Waals surface area contributed by atoms with Gasteiger partial charge in [0.2, 0.25) is 0 Å². The smallest absolute Gasteiger partial charge is 0.123 e. The van der Waals surface area contributed by atoms with Crippen LogP contribution in [-0.2, 0) is 0 Å². The number of hydrogen-bond acceptors (Lipinski definition) is 2. The normalized spacial score (nSPS) is 12.7. The Labute approximate surface area is 95.5 Å². The molecule has 0 amide bonds. The van der Waals surface area contributed by atoms with Gasteiger partial charge in [-0.2, -0.15) is 0 Å². The molecule has 0 aliphatic carbocycles. The summed E-state index contributed by atoms with van der Waals surface area (Å²) in [7, 11) is 0. The first-order chi connectivity index (χ1) is 7.22. The van der Waals surface area contributed by atoms with E-state index in [9.17, 15) is 4.39 Å². The topological polar surface area (TPSA) is 12.0 Å². The summed E-state index contributed by atoms with van der Waals surface area (Å²) in [5.41, 5.74) is 0. The molecule has 1 rings (SSSR count). The molecule has 0 fully saturated rings. The Morgan fingerprint density at radius 2 is 2.00 bits per heavy atom. The van der Waals surface area contributed by atoms with Crippen molar-refractivity contribution in [2.45, 2.75) is 18.7 Å². The van der Waals surface area contributed by atoms with E-state index in [4.69, 9.17) is 0 Å². The summed E-state index contributed by atoms with van der Waals surface area (Å²) in [6, 6.07) is 6.69. The number of hydrogen-bond donors (Lipinski definition) is 1. The zero-order valence-electron chi connectivity index (χ0n) is 9.29. The molecule has 0 aliphatic rings. The Morgan fingerprint density at radius 3 is 2.60 bits per heavy atom. The highest BCUT2D eigenvalue weighted by Gasteiger charge is 2.02. The van der Waals surface area contributed by atoms with Gasteiger partial charge in [-0.25, -0.2) is 4.39 Å². The minimum atomic E-state index is -0.167. The van der Waals surface area contributed by atoms with E-state index in [2.05, 4.69) is 19.2 Å². The fourth-order valence-electron chi connectivity index (χ4n) is 1.22. The third-order valence-corrected chi connectivity index (χ3v) is 3.43. The van der Waals surface area contributed by atoms with Crippen LogP contribution in [0.3, 0.4) is 0 Å². The third kappa shape index (κ3) is 5.19. The Bertz CT molecular complexity index is 273. The van der Waals surface area contributed by atoms with Crippen molar-refractivity contribution >= 4 is 11.8 Å². The van der Waals surface area contributed by atoms with Gasteiger partial charge in [-0.1, -0.05) is 13.8 Å². The number of halogens is 1. The van der Waals surface area contributed by atoms with Crippen LogP contribution in [0.2, 0.25) is 0 Å². The van der Waals surface area contributed by atoms with Crippen molar-refractivity contribution in [2.24, 2.45) is 5.92 Å². The standard InChI is InChI=1S/C12H18FNS/c1-3-14-8-10(2)9-15-12-6-4-11(13)5-7-12/h4-7,10,14H,3,8-9H2,1-2H3. The lowest BCUT2D eigenvalue weighted by atomic mass is 10.2. The second-order valence-corrected chi connectivity index (χ2v) is 4.77. The molecule has 1 nitrogen and oxygen atoms in total. The van der Waals surface area contributed by atoms with Gasteiger partial charge in [0.25, 0.3) is 0 Å². The van der Waals surface area contributed by atoms with Crippen molar-refractivity contribution < 1.29 is 4.39 Å². The van der Waals surface area contributed by atoms with E-state index in [0.717, 1.165) is 23.7 Å². The molecule has 15 heavy (non-hydrogen) atoms. The average molecular weight is 227 g/mol. The van der Waals surface area contributed by atoms with Gasteiger partial charge in [0.05, 0.1) is 0 Å². The first-order valence-corrected chi connectivity index (χ1v) is 6.30. The molecule has 0 aromatic heterocycles. The summed E-state index contributed by atoms with van der Waals surface area (Å²) >= 11 is 1.78. The van der Waals surface area contributed by atoms with Gasteiger partial charge in [-0.05, 0) is 43.3 Å². The minimum absolute atomic E-state index is 0.167. The van der Waals surface area contributed by atoms with E-state index in [1.807, 2.05) is 12.1 Å². The lowest BCUT2D eigenvalue weighted by molar-refractivity contribution is 0.574. The zero-order valence-corrected chi connectivity index (χ0v) is 10.1. The maximum atomic E-state index is 12.6. The van der Waals surface area contributed by atoms with Crippen molar-refractivity contribution in [3.8, 4) is 0 Å². The SMILES string of the molecule is CCNCC(C)CSc1ccc(F)cc1. The van der Waals surface area contributed by atoms with Crippen LogP contribution in [0.25, 0.3) is 0 Å². The summed E-state index contributed by atoms with van der Waals surface area (Å²) in [5.74, 6) is 1.54. The molecular weight excluding hydrogens is 209 g/mol. The molecule has 84 valence electrons. The van der Waals surface area contributed by atoms with Crippen molar-refractivity contribution in [2.75, 3.05) is 18.8 Å². The average Bonchev–Trinajstić information content (AvgIpc) is 2.25. The fourth-order valence-corrected chi connectivity index (χ4v) is 2.14. The molecule has 1 atom stereocenters. The van der Waals surface area contributed by atoms with Gasteiger partial charge in [-0.3, -0.25) is 0 Å². The lowest BCUT2D eigenvalue weighted by Gasteiger charge is -2.10. The van der Waals surface area contributed by atoms with Crippen molar-refractivity contribution in [3.05, 3.63) is 30.1 Å². The van der Waals surface area contributed by atoms with Gasteiger partial charge in [-0.15, -0.1) is 11.8 Å². The Hall–Kier alpha value is -0.540. The van der Waals surface area contributed by atoms with E-state index in [-0.39, 0.29) is 5.82 Å². The highest BCUT2D eigenvalue weighted by molar-refractivity contribution is 7.99. The molecule has 1 N–H and O–H groups in total. The Balaban J connectivity index is 2.27. The summed E-state index contributed by atoms with van der Waals surface area (Å²) in [4.78, 5) is 1.14. The largest absolute Gasteiger partial charge is 0.317 e. The van der Waals surface area contributed by atoms with Crippen molar-refractivity contribution in [1.82, 2.24) is 5.32 Å². The van der Waals surface area contributed by atoms with Crippen LogP contribution in [0, 0.1) is 11.7 Å². The van der Waals surface area contributed by atoms with Gasteiger partial charge in [0.15, 0.2) is 0 Å². The second-order valence-electron chi connectivity index (χ2n) is 3.68. The predicted molar refractivity (Wildman–Crippen MR) is 64.8 cm³/mol. The van der Waals surface area contributed by atoms with E-state index < -0.39 is 0 Å². The predicted octanol–water partition coefficient (Wildman–Crippen LogP) is 3.16. The van der Waals surface area contributed by atoms with Crippen LogP contribution in [0.4, 0.5) is 4.39 Å². The number of rotatable bonds is 6. The highest BCUT2D eigenvalue weighted by Crippen LogP contribution is 2.20. The van der Waals surface area contributed by atoms with Crippen LogP contribution in [-0.4, -0.2) is 18.8 Å². The molecule has 1 aromatic rings. The first kappa shape index (κ1) is 12.5. The Kier molecular flexibility index (Phi) is 5.73. The van der Waals surface area contributed by atoms with Crippen LogP contribution >= 0.6 is 11.8 Å². The maximum Gasteiger partial charge on any atom is 0.123 e. The molecule has 0 saturated carbocycles.